The van der Waals surface area contributed by atoms with Crippen molar-refractivity contribution in [3.05, 3.63) is 83.9 Å². The van der Waals surface area contributed by atoms with E-state index in [4.69, 9.17) is 4.74 Å². The maximum absolute atomic E-state index is 12.7. The van der Waals surface area contributed by atoms with Crippen molar-refractivity contribution >= 4 is 35.0 Å². The van der Waals surface area contributed by atoms with Crippen LogP contribution in [0.25, 0.3) is 0 Å². The quantitative estimate of drug-likeness (QED) is 0.431. The van der Waals surface area contributed by atoms with Crippen LogP contribution in [-0.2, 0) is 11.3 Å². The molecule has 33 heavy (non-hydrogen) atoms. The van der Waals surface area contributed by atoms with Gasteiger partial charge in [-0.1, -0.05) is 24.3 Å². The molecule has 3 aromatic rings. The Kier molecular flexibility index (Phi) is 8.52. The third kappa shape index (κ3) is 6.60. The average molecular weight is 464 g/mol. The molecular formula is C26H29N3O3S. The summed E-state index contributed by atoms with van der Waals surface area (Å²) in [6.07, 6.45) is 2.05. The Morgan fingerprint density at radius 3 is 2.27 bits per heavy atom. The Hall–Kier alpha value is -3.29. The van der Waals surface area contributed by atoms with Gasteiger partial charge in [-0.25, -0.2) is 0 Å². The van der Waals surface area contributed by atoms with E-state index in [1.807, 2.05) is 37.3 Å². The van der Waals surface area contributed by atoms with E-state index in [0.29, 0.717) is 29.2 Å². The van der Waals surface area contributed by atoms with Gasteiger partial charge >= 0.3 is 0 Å². The number of anilines is 2. The summed E-state index contributed by atoms with van der Waals surface area (Å²) in [5.41, 5.74) is 2.87. The minimum Gasteiger partial charge on any atom is -0.495 e. The zero-order valence-corrected chi connectivity index (χ0v) is 20.1. The van der Waals surface area contributed by atoms with Crippen LogP contribution in [0.2, 0.25) is 0 Å². The van der Waals surface area contributed by atoms with Crippen molar-refractivity contribution in [2.45, 2.75) is 24.4 Å². The van der Waals surface area contributed by atoms with Crippen LogP contribution in [-0.4, -0.2) is 43.2 Å². The summed E-state index contributed by atoms with van der Waals surface area (Å²) < 4.78 is 5.27. The number of nitrogens with one attached hydrogen (secondary N) is 2. The molecule has 3 rings (SSSR count). The number of nitrogens with zero attached hydrogens (tertiary/aromatic N) is 1. The lowest BCUT2D eigenvalue weighted by Crippen LogP contribution is -2.39. The Balaban J connectivity index is 1.56. The summed E-state index contributed by atoms with van der Waals surface area (Å²) in [5.74, 6) is 0.232. The van der Waals surface area contributed by atoms with Crippen LogP contribution in [0.3, 0.4) is 0 Å². The molecule has 0 fully saturated rings. The second-order valence-electron chi connectivity index (χ2n) is 7.66. The molecular weight excluding hydrogens is 434 g/mol. The molecule has 7 heteroatoms. The average Bonchev–Trinajstić information content (AvgIpc) is 2.84. The number of carbonyl (C=O) groups excluding carboxylic acids is 2. The second kappa shape index (κ2) is 11.5. The molecule has 172 valence electrons. The van der Waals surface area contributed by atoms with Gasteiger partial charge in [-0.15, -0.1) is 11.8 Å². The van der Waals surface area contributed by atoms with E-state index in [1.165, 1.54) is 4.90 Å². The first-order valence-electron chi connectivity index (χ1n) is 10.6. The standard InChI is InChI=1S/C26H29N3O3S/c1-18(29(2)17-19-9-15-22(33-4)16-10-19)25(30)27-21-13-11-20(12-14-21)26(31)28-23-7-5-6-8-24(23)32-3/h5-16,18H,17H2,1-4H3,(H,27,30)(H,28,31). The lowest BCUT2D eigenvalue weighted by molar-refractivity contribution is -0.120. The lowest BCUT2D eigenvalue weighted by Gasteiger charge is -2.24. The van der Waals surface area contributed by atoms with Crippen LogP contribution in [0.5, 0.6) is 5.75 Å². The number of rotatable bonds is 9. The molecule has 3 aromatic carbocycles. The van der Waals surface area contributed by atoms with Crippen molar-refractivity contribution in [3.63, 3.8) is 0 Å². The number of ether oxygens (including phenoxy) is 1. The van der Waals surface area contributed by atoms with Gasteiger partial charge in [-0.05, 0) is 74.3 Å². The molecule has 1 unspecified atom stereocenters. The first kappa shape index (κ1) is 24.4. The number of methoxy groups -OCH3 is 1. The van der Waals surface area contributed by atoms with Crippen molar-refractivity contribution in [1.29, 1.82) is 0 Å². The number of para-hydroxylation sites is 2. The topological polar surface area (TPSA) is 70.7 Å². The minimum absolute atomic E-state index is 0.107. The highest BCUT2D eigenvalue weighted by molar-refractivity contribution is 7.98. The molecule has 0 aliphatic heterocycles. The normalized spacial score (nSPS) is 11.7. The van der Waals surface area contributed by atoms with Gasteiger partial charge in [0.05, 0.1) is 18.8 Å². The molecule has 0 aromatic heterocycles. The second-order valence-corrected chi connectivity index (χ2v) is 8.54. The summed E-state index contributed by atoms with van der Waals surface area (Å²) in [4.78, 5) is 28.5. The highest BCUT2D eigenvalue weighted by Gasteiger charge is 2.18. The number of likely N-dealkylation sites (N-methyl/N-ethyl adjacent to an activating group) is 1. The van der Waals surface area contributed by atoms with Gasteiger partial charge in [-0.3, -0.25) is 14.5 Å². The molecule has 2 N–H and O–H groups in total. The summed E-state index contributed by atoms with van der Waals surface area (Å²) in [6, 6.07) is 22.1. The minimum atomic E-state index is -0.321. The fourth-order valence-electron chi connectivity index (χ4n) is 3.25. The van der Waals surface area contributed by atoms with Crippen molar-refractivity contribution in [3.8, 4) is 5.75 Å². The van der Waals surface area contributed by atoms with Crippen LogP contribution < -0.4 is 15.4 Å². The zero-order valence-electron chi connectivity index (χ0n) is 19.3. The summed E-state index contributed by atoms with van der Waals surface area (Å²) in [7, 11) is 3.49. The Bertz CT molecular complexity index is 1080. The fraction of sp³-hybridized carbons (Fsp3) is 0.231. The Morgan fingerprint density at radius 2 is 1.64 bits per heavy atom. The van der Waals surface area contributed by atoms with E-state index in [1.54, 1.807) is 55.3 Å². The van der Waals surface area contributed by atoms with Gasteiger partial charge in [-0.2, -0.15) is 0 Å². The lowest BCUT2D eigenvalue weighted by atomic mass is 10.1. The van der Waals surface area contributed by atoms with Gasteiger partial charge in [0.25, 0.3) is 5.91 Å². The van der Waals surface area contributed by atoms with E-state index in [2.05, 4.69) is 34.9 Å². The molecule has 0 bridgehead atoms. The summed E-state index contributed by atoms with van der Waals surface area (Å²) in [5, 5.41) is 5.77. The van der Waals surface area contributed by atoms with Crippen molar-refractivity contribution < 1.29 is 14.3 Å². The fourth-order valence-corrected chi connectivity index (χ4v) is 3.66. The van der Waals surface area contributed by atoms with Crippen LogP contribution in [0.1, 0.15) is 22.8 Å². The Labute approximate surface area is 199 Å². The van der Waals surface area contributed by atoms with E-state index in [0.717, 1.165) is 5.56 Å². The van der Waals surface area contributed by atoms with Gasteiger partial charge in [0.1, 0.15) is 5.75 Å². The van der Waals surface area contributed by atoms with Gasteiger partial charge in [0.2, 0.25) is 5.91 Å². The zero-order chi connectivity index (χ0) is 23.8. The maximum atomic E-state index is 12.7. The molecule has 0 aliphatic rings. The number of carbonyl (C=O) groups is 2. The predicted molar refractivity (Wildman–Crippen MR) is 135 cm³/mol. The smallest absolute Gasteiger partial charge is 0.255 e. The molecule has 2 amide bonds. The molecule has 1 atom stereocenters. The van der Waals surface area contributed by atoms with Gasteiger partial charge in [0, 0.05) is 22.7 Å². The van der Waals surface area contributed by atoms with Crippen LogP contribution >= 0.6 is 11.8 Å². The number of amides is 2. The highest BCUT2D eigenvalue weighted by atomic mass is 32.2. The molecule has 0 heterocycles. The van der Waals surface area contributed by atoms with E-state index in [9.17, 15) is 9.59 Å². The van der Waals surface area contributed by atoms with Crippen LogP contribution in [0.15, 0.2) is 77.7 Å². The summed E-state index contributed by atoms with van der Waals surface area (Å²) >= 11 is 1.70. The molecule has 0 radical (unpaired) electrons. The highest BCUT2D eigenvalue weighted by Crippen LogP contribution is 2.24. The molecule has 0 aliphatic carbocycles. The predicted octanol–water partition coefficient (Wildman–Crippen LogP) is 5.13. The third-order valence-electron chi connectivity index (χ3n) is 5.40. The molecule has 0 saturated carbocycles. The SMILES string of the molecule is COc1ccccc1NC(=O)c1ccc(NC(=O)C(C)N(C)Cc2ccc(SC)cc2)cc1. The first-order valence-corrected chi connectivity index (χ1v) is 11.8. The number of hydrogen-bond acceptors (Lipinski definition) is 5. The monoisotopic (exact) mass is 463 g/mol. The van der Waals surface area contributed by atoms with E-state index >= 15 is 0 Å². The molecule has 0 spiro atoms. The van der Waals surface area contributed by atoms with Crippen molar-refractivity contribution in [1.82, 2.24) is 4.90 Å². The van der Waals surface area contributed by atoms with Gasteiger partial charge in [0.15, 0.2) is 0 Å². The molecule has 6 nitrogen and oxygen atoms in total. The van der Waals surface area contributed by atoms with E-state index in [-0.39, 0.29) is 17.9 Å². The number of benzene rings is 3. The van der Waals surface area contributed by atoms with Crippen molar-refractivity contribution in [2.75, 3.05) is 31.0 Å². The van der Waals surface area contributed by atoms with Crippen LogP contribution in [0, 0.1) is 0 Å². The first-order chi connectivity index (χ1) is 15.9. The largest absolute Gasteiger partial charge is 0.495 e. The molecule has 0 saturated heterocycles. The number of thioether (sulfide) groups is 1. The Morgan fingerprint density at radius 1 is 0.970 bits per heavy atom. The maximum Gasteiger partial charge on any atom is 0.255 e. The third-order valence-corrected chi connectivity index (χ3v) is 6.15. The van der Waals surface area contributed by atoms with Crippen LogP contribution in [0.4, 0.5) is 11.4 Å². The van der Waals surface area contributed by atoms with E-state index < -0.39 is 0 Å². The van der Waals surface area contributed by atoms with Gasteiger partial charge < -0.3 is 15.4 Å². The van der Waals surface area contributed by atoms with Crippen molar-refractivity contribution in [2.24, 2.45) is 0 Å². The number of hydrogen-bond donors (Lipinski definition) is 2. The summed E-state index contributed by atoms with van der Waals surface area (Å²) in [6.45, 7) is 2.55.